The highest BCUT2D eigenvalue weighted by atomic mass is 32.1. The molecule has 0 spiro atoms. The molecule has 0 amide bonds. The molecule has 0 saturated heterocycles. The van der Waals surface area contributed by atoms with Crippen LogP contribution in [0, 0.1) is 0 Å². The minimum Gasteiger partial charge on any atom is -0.347 e. The molecule has 0 radical (unpaired) electrons. The zero-order chi connectivity index (χ0) is 12.1. The van der Waals surface area contributed by atoms with Gasteiger partial charge in [0, 0.05) is 24.8 Å². The number of nitrogens with zero attached hydrogens (tertiary/aromatic N) is 2. The number of nitrogens with one attached hydrogen (secondary N) is 1. The Hall–Kier alpha value is -1.24. The van der Waals surface area contributed by atoms with E-state index in [1.54, 1.807) is 17.5 Å². The molecule has 5 nitrogen and oxygen atoms in total. The van der Waals surface area contributed by atoms with Gasteiger partial charge >= 0.3 is 0 Å². The Morgan fingerprint density at radius 2 is 2.12 bits per heavy atom. The van der Waals surface area contributed by atoms with Crippen LogP contribution in [0.4, 0.5) is 0 Å². The molecule has 2 rings (SSSR count). The molecule has 2 aromatic rings. The van der Waals surface area contributed by atoms with Crippen molar-refractivity contribution in [3.05, 3.63) is 23.3 Å². The van der Waals surface area contributed by atoms with Crippen molar-refractivity contribution in [2.75, 3.05) is 13.2 Å². The molecule has 2 aromatic heterocycles. The fourth-order valence-electron chi connectivity index (χ4n) is 1.45. The highest BCUT2D eigenvalue weighted by Gasteiger charge is 2.15. The number of H-pyrrole nitrogens is 1. The van der Waals surface area contributed by atoms with Gasteiger partial charge in [0.15, 0.2) is 6.29 Å². The van der Waals surface area contributed by atoms with Crippen LogP contribution in [0.5, 0.6) is 0 Å². The lowest BCUT2D eigenvalue weighted by molar-refractivity contribution is -0.142. The van der Waals surface area contributed by atoms with E-state index in [-0.39, 0.29) is 6.29 Å². The minimum absolute atomic E-state index is 0.383. The fraction of sp³-hybridized carbons (Fsp3) is 0.455. The second-order valence-electron chi connectivity index (χ2n) is 3.29. The molecule has 2 heterocycles. The first kappa shape index (κ1) is 12.2. The monoisotopic (exact) mass is 253 g/mol. The summed E-state index contributed by atoms with van der Waals surface area (Å²) in [5.74, 6) is 0. The van der Waals surface area contributed by atoms with Crippen molar-refractivity contribution in [2.45, 2.75) is 20.1 Å². The quantitative estimate of drug-likeness (QED) is 0.804. The van der Waals surface area contributed by atoms with Crippen LogP contribution < -0.4 is 0 Å². The van der Waals surface area contributed by atoms with Gasteiger partial charge in [-0.15, -0.1) is 11.3 Å². The van der Waals surface area contributed by atoms with E-state index in [4.69, 9.17) is 9.47 Å². The van der Waals surface area contributed by atoms with Crippen molar-refractivity contribution in [1.82, 2.24) is 15.2 Å². The summed E-state index contributed by atoms with van der Waals surface area (Å²) in [6.07, 6.45) is 1.38. The predicted octanol–water partition coefficient (Wildman–Crippen LogP) is 2.60. The predicted molar refractivity (Wildman–Crippen MR) is 65.7 cm³/mol. The summed E-state index contributed by atoms with van der Waals surface area (Å²) in [6.45, 7) is 5.06. The number of rotatable bonds is 6. The van der Waals surface area contributed by atoms with E-state index in [2.05, 4.69) is 15.2 Å². The van der Waals surface area contributed by atoms with E-state index in [9.17, 15) is 0 Å². The molecule has 0 aliphatic heterocycles. The average Bonchev–Trinajstić information content (AvgIpc) is 2.99. The average molecular weight is 253 g/mol. The van der Waals surface area contributed by atoms with Crippen LogP contribution in [-0.2, 0) is 9.47 Å². The van der Waals surface area contributed by atoms with Crippen molar-refractivity contribution in [2.24, 2.45) is 0 Å². The van der Waals surface area contributed by atoms with E-state index < -0.39 is 0 Å². The zero-order valence-electron chi connectivity index (χ0n) is 9.84. The van der Waals surface area contributed by atoms with Gasteiger partial charge in [0.2, 0.25) is 0 Å². The molecule has 92 valence electrons. The van der Waals surface area contributed by atoms with Gasteiger partial charge in [-0.2, -0.15) is 5.10 Å². The number of aromatic amines is 1. The van der Waals surface area contributed by atoms with Crippen LogP contribution in [0.25, 0.3) is 10.7 Å². The van der Waals surface area contributed by atoms with Gasteiger partial charge < -0.3 is 9.47 Å². The highest BCUT2D eigenvalue weighted by molar-refractivity contribution is 7.13. The van der Waals surface area contributed by atoms with Crippen molar-refractivity contribution in [3.63, 3.8) is 0 Å². The third-order valence-corrected chi connectivity index (χ3v) is 2.93. The van der Waals surface area contributed by atoms with Crippen molar-refractivity contribution in [1.29, 1.82) is 0 Å². The summed E-state index contributed by atoms with van der Waals surface area (Å²) in [4.78, 5) is 4.21. The third-order valence-electron chi connectivity index (χ3n) is 2.14. The zero-order valence-corrected chi connectivity index (χ0v) is 10.7. The Morgan fingerprint density at radius 1 is 1.35 bits per heavy atom. The summed E-state index contributed by atoms with van der Waals surface area (Å²) in [6, 6.07) is 1.91. The lowest BCUT2D eigenvalue weighted by atomic mass is 10.3. The standard InChI is InChI=1S/C11H15N3O2S/c1-3-15-11(16-4-2)9-7-8(13-14-9)10-12-5-6-17-10/h5-7,11H,3-4H2,1-2H3,(H,13,14). The Kier molecular flexibility index (Phi) is 4.24. The second-order valence-corrected chi connectivity index (χ2v) is 4.18. The number of hydrogen-bond acceptors (Lipinski definition) is 5. The van der Waals surface area contributed by atoms with Gasteiger partial charge in [0.05, 0.1) is 5.69 Å². The van der Waals surface area contributed by atoms with Gasteiger partial charge in [0.25, 0.3) is 0 Å². The number of thiazole rings is 1. The largest absolute Gasteiger partial charge is 0.347 e. The first-order valence-corrected chi connectivity index (χ1v) is 6.41. The molecule has 0 aromatic carbocycles. The van der Waals surface area contributed by atoms with E-state index in [0.717, 1.165) is 16.4 Å². The molecule has 1 N–H and O–H groups in total. The van der Waals surface area contributed by atoms with Gasteiger partial charge in [-0.3, -0.25) is 5.10 Å². The first-order chi connectivity index (χ1) is 8.35. The number of hydrogen-bond donors (Lipinski definition) is 1. The molecule has 6 heteroatoms. The minimum atomic E-state index is -0.383. The molecule has 0 unspecified atom stereocenters. The smallest absolute Gasteiger partial charge is 0.200 e. The summed E-state index contributed by atoms with van der Waals surface area (Å²) >= 11 is 1.55. The number of ether oxygens (including phenoxy) is 2. The molecule has 17 heavy (non-hydrogen) atoms. The molecule has 0 aliphatic carbocycles. The Bertz CT molecular complexity index is 435. The molecule has 0 aliphatic rings. The van der Waals surface area contributed by atoms with E-state index >= 15 is 0 Å². The Morgan fingerprint density at radius 3 is 2.71 bits per heavy atom. The van der Waals surface area contributed by atoms with Crippen molar-refractivity contribution < 1.29 is 9.47 Å². The van der Waals surface area contributed by atoms with Crippen LogP contribution in [0.15, 0.2) is 17.6 Å². The maximum atomic E-state index is 5.49. The van der Waals surface area contributed by atoms with Gasteiger partial charge in [-0.1, -0.05) is 0 Å². The van der Waals surface area contributed by atoms with Crippen molar-refractivity contribution >= 4 is 11.3 Å². The van der Waals surface area contributed by atoms with Gasteiger partial charge in [0.1, 0.15) is 10.7 Å². The van der Waals surface area contributed by atoms with Crippen LogP contribution in [0.2, 0.25) is 0 Å². The van der Waals surface area contributed by atoms with Crippen LogP contribution in [0.1, 0.15) is 25.8 Å². The van der Waals surface area contributed by atoms with Gasteiger partial charge in [-0.25, -0.2) is 4.98 Å². The lowest BCUT2D eigenvalue weighted by Gasteiger charge is -2.14. The Balaban J connectivity index is 2.15. The highest BCUT2D eigenvalue weighted by Crippen LogP contribution is 2.24. The summed E-state index contributed by atoms with van der Waals surface area (Å²) in [5, 5.41) is 9.95. The first-order valence-electron chi connectivity index (χ1n) is 5.53. The van der Waals surface area contributed by atoms with E-state index in [0.29, 0.717) is 13.2 Å². The maximum Gasteiger partial charge on any atom is 0.200 e. The Labute approximate surface area is 104 Å². The molecular weight excluding hydrogens is 238 g/mol. The summed E-state index contributed by atoms with van der Waals surface area (Å²) in [7, 11) is 0. The van der Waals surface area contributed by atoms with E-state index in [1.807, 2.05) is 25.3 Å². The van der Waals surface area contributed by atoms with Crippen LogP contribution in [-0.4, -0.2) is 28.4 Å². The normalized spacial score (nSPS) is 11.2. The number of aromatic nitrogens is 3. The molecule has 0 bridgehead atoms. The van der Waals surface area contributed by atoms with E-state index in [1.165, 1.54) is 0 Å². The molecule has 0 fully saturated rings. The molecule has 0 saturated carbocycles. The topological polar surface area (TPSA) is 60.0 Å². The fourth-order valence-corrected chi connectivity index (χ4v) is 2.04. The van der Waals surface area contributed by atoms with Gasteiger partial charge in [-0.05, 0) is 19.9 Å². The summed E-state index contributed by atoms with van der Waals surface area (Å²) in [5.41, 5.74) is 1.64. The maximum absolute atomic E-state index is 5.49. The second kappa shape index (κ2) is 5.90. The van der Waals surface area contributed by atoms with Crippen molar-refractivity contribution in [3.8, 4) is 10.7 Å². The third kappa shape index (κ3) is 2.91. The van der Waals surface area contributed by atoms with Crippen LogP contribution >= 0.6 is 11.3 Å². The summed E-state index contributed by atoms with van der Waals surface area (Å²) < 4.78 is 11.0. The van der Waals surface area contributed by atoms with Crippen LogP contribution in [0.3, 0.4) is 0 Å². The molecule has 0 atom stereocenters. The molecular formula is C11H15N3O2S. The SMILES string of the molecule is CCOC(OCC)c1cc(-c2nccs2)n[nH]1. The lowest BCUT2D eigenvalue weighted by Crippen LogP contribution is -2.09.